The van der Waals surface area contributed by atoms with Crippen LogP contribution in [0, 0.1) is 0 Å². The fourth-order valence-corrected chi connectivity index (χ4v) is 3.74. The molecule has 0 N–H and O–H groups in total. The molecule has 0 aliphatic rings. The van der Waals surface area contributed by atoms with Gasteiger partial charge in [-0.15, -0.1) is 11.3 Å². The topological polar surface area (TPSA) is 25.8 Å². The number of thiophene rings is 1. The first-order valence-corrected chi connectivity index (χ1v) is 7.92. The third kappa shape index (κ3) is 2.01. The molecule has 0 saturated heterocycles. The van der Waals surface area contributed by atoms with E-state index in [1.54, 1.807) is 11.3 Å². The zero-order chi connectivity index (χ0) is 14.2. The van der Waals surface area contributed by atoms with Gasteiger partial charge >= 0.3 is 0 Å². The van der Waals surface area contributed by atoms with E-state index in [0.717, 1.165) is 29.0 Å². The van der Waals surface area contributed by atoms with Gasteiger partial charge in [0, 0.05) is 22.1 Å². The molecule has 0 saturated carbocycles. The first-order valence-electron chi connectivity index (χ1n) is 7.10. The lowest BCUT2D eigenvalue weighted by Gasteiger charge is -2.05. The second-order valence-corrected chi connectivity index (χ2v) is 6.04. The Morgan fingerprint density at radius 3 is 2.48 bits per heavy atom. The van der Waals surface area contributed by atoms with Crippen LogP contribution in [0.25, 0.3) is 31.6 Å². The van der Waals surface area contributed by atoms with E-state index < -0.39 is 0 Å². The van der Waals surface area contributed by atoms with Gasteiger partial charge in [-0.05, 0) is 6.07 Å². The van der Waals surface area contributed by atoms with Crippen molar-refractivity contribution in [2.24, 2.45) is 0 Å². The van der Waals surface area contributed by atoms with Crippen molar-refractivity contribution in [3.05, 3.63) is 60.4 Å². The maximum absolute atomic E-state index is 4.78. The highest BCUT2D eigenvalue weighted by Gasteiger charge is 2.14. The van der Waals surface area contributed by atoms with Gasteiger partial charge in [0.15, 0.2) is 0 Å². The molecule has 2 aromatic carbocycles. The van der Waals surface area contributed by atoms with E-state index in [9.17, 15) is 0 Å². The third-order valence-electron chi connectivity index (χ3n) is 3.63. The first-order chi connectivity index (χ1) is 10.4. The van der Waals surface area contributed by atoms with Crippen LogP contribution in [0.15, 0.2) is 54.6 Å². The summed E-state index contributed by atoms with van der Waals surface area (Å²) >= 11 is 1.78. The van der Waals surface area contributed by atoms with E-state index in [1.807, 2.05) is 6.07 Å². The number of rotatable bonds is 2. The number of benzene rings is 2. The van der Waals surface area contributed by atoms with Crippen LogP contribution in [0.3, 0.4) is 0 Å². The molecule has 4 aromatic rings. The number of aromatic nitrogens is 2. The quantitative estimate of drug-likeness (QED) is 0.515. The Morgan fingerprint density at radius 2 is 1.67 bits per heavy atom. The fraction of sp³-hybridized carbons (Fsp3) is 0.111. The van der Waals surface area contributed by atoms with Gasteiger partial charge in [-0.2, -0.15) is 0 Å². The Morgan fingerprint density at radius 1 is 0.905 bits per heavy atom. The van der Waals surface area contributed by atoms with Crippen molar-refractivity contribution in [1.82, 2.24) is 9.97 Å². The van der Waals surface area contributed by atoms with Crippen LogP contribution in [0.1, 0.15) is 12.7 Å². The summed E-state index contributed by atoms with van der Waals surface area (Å²) < 4.78 is 2.45. The maximum atomic E-state index is 4.78. The van der Waals surface area contributed by atoms with Crippen LogP contribution in [0.4, 0.5) is 0 Å². The van der Waals surface area contributed by atoms with Gasteiger partial charge in [-0.3, -0.25) is 0 Å². The Balaban J connectivity index is 2.14. The SMILES string of the molecule is CCc1nc(-c2ccccc2)c2sc3ccccc3c2n1. The Kier molecular flexibility index (Phi) is 2.93. The van der Waals surface area contributed by atoms with E-state index in [1.165, 1.54) is 14.8 Å². The molecule has 0 radical (unpaired) electrons. The largest absolute Gasteiger partial charge is 0.231 e. The molecule has 2 aromatic heterocycles. The molecule has 3 heteroatoms. The third-order valence-corrected chi connectivity index (χ3v) is 4.80. The molecule has 0 amide bonds. The van der Waals surface area contributed by atoms with E-state index >= 15 is 0 Å². The lowest BCUT2D eigenvalue weighted by atomic mass is 10.1. The zero-order valence-electron chi connectivity index (χ0n) is 11.7. The summed E-state index contributed by atoms with van der Waals surface area (Å²) in [6.07, 6.45) is 0.847. The average molecular weight is 290 g/mol. The van der Waals surface area contributed by atoms with Crippen molar-refractivity contribution in [2.45, 2.75) is 13.3 Å². The molecular formula is C18H14N2S. The van der Waals surface area contributed by atoms with Gasteiger partial charge in [0.2, 0.25) is 0 Å². The lowest BCUT2D eigenvalue weighted by Crippen LogP contribution is -1.95. The highest BCUT2D eigenvalue weighted by atomic mass is 32.1. The summed E-state index contributed by atoms with van der Waals surface area (Å²) in [6.45, 7) is 2.10. The molecule has 0 unspecified atom stereocenters. The summed E-state index contributed by atoms with van der Waals surface area (Å²) in [5.74, 6) is 0.907. The van der Waals surface area contributed by atoms with Gasteiger partial charge in [-0.1, -0.05) is 55.5 Å². The van der Waals surface area contributed by atoms with Crippen molar-refractivity contribution in [3.63, 3.8) is 0 Å². The van der Waals surface area contributed by atoms with Crippen molar-refractivity contribution < 1.29 is 0 Å². The van der Waals surface area contributed by atoms with Crippen molar-refractivity contribution in [3.8, 4) is 11.3 Å². The maximum Gasteiger partial charge on any atom is 0.129 e. The monoisotopic (exact) mass is 290 g/mol. The number of hydrogen-bond acceptors (Lipinski definition) is 3. The second-order valence-electron chi connectivity index (χ2n) is 4.98. The number of aryl methyl sites for hydroxylation is 1. The van der Waals surface area contributed by atoms with Crippen molar-refractivity contribution in [2.75, 3.05) is 0 Å². The summed E-state index contributed by atoms with van der Waals surface area (Å²) in [7, 11) is 0. The van der Waals surface area contributed by atoms with Crippen LogP contribution in [0.2, 0.25) is 0 Å². The highest BCUT2D eigenvalue weighted by Crippen LogP contribution is 2.37. The Bertz CT molecular complexity index is 926. The second kappa shape index (κ2) is 4.93. The van der Waals surface area contributed by atoms with E-state index in [2.05, 4.69) is 55.5 Å². The minimum atomic E-state index is 0.847. The summed E-state index contributed by atoms with van der Waals surface area (Å²) in [4.78, 5) is 9.55. The normalized spacial score (nSPS) is 11.3. The molecular weight excluding hydrogens is 276 g/mol. The summed E-state index contributed by atoms with van der Waals surface area (Å²) in [5.41, 5.74) is 3.30. The van der Waals surface area contributed by atoms with Crippen molar-refractivity contribution in [1.29, 1.82) is 0 Å². The highest BCUT2D eigenvalue weighted by molar-refractivity contribution is 7.26. The van der Waals surface area contributed by atoms with E-state index in [4.69, 9.17) is 9.97 Å². The molecule has 4 rings (SSSR count). The molecule has 2 heterocycles. The van der Waals surface area contributed by atoms with Gasteiger partial charge in [-0.25, -0.2) is 9.97 Å². The van der Waals surface area contributed by atoms with Crippen LogP contribution in [-0.2, 0) is 6.42 Å². The lowest BCUT2D eigenvalue weighted by molar-refractivity contribution is 0.967. The molecule has 0 fully saturated rings. The Hall–Kier alpha value is -2.26. The summed E-state index contributed by atoms with van der Waals surface area (Å²) in [6, 6.07) is 18.8. The van der Waals surface area contributed by atoms with E-state index in [-0.39, 0.29) is 0 Å². The zero-order valence-corrected chi connectivity index (χ0v) is 12.5. The molecule has 0 atom stereocenters. The molecule has 0 aliphatic heterocycles. The van der Waals surface area contributed by atoms with Gasteiger partial charge in [0.05, 0.1) is 15.9 Å². The molecule has 0 aliphatic carbocycles. The number of fused-ring (bicyclic) bond motifs is 3. The van der Waals surface area contributed by atoms with Crippen LogP contribution in [0.5, 0.6) is 0 Å². The first kappa shape index (κ1) is 12.5. The Labute approximate surface area is 127 Å². The van der Waals surface area contributed by atoms with Gasteiger partial charge < -0.3 is 0 Å². The predicted molar refractivity (Wildman–Crippen MR) is 89.7 cm³/mol. The number of nitrogens with zero attached hydrogens (tertiary/aromatic N) is 2. The standard InChI is InChI=1S/C18H14N2S/c1-2-15-19-16(12-8-4-3-5-9-12)18-17(20-15)13-10-6-7-11-14(13)21-18/h3-11H,2H2,1H3. The fourth-order valence-electron chi connectivity index (χ4n) is 2.59. The molecule has 0 spiro atoms. The minimum absolute atomic E-state index is 0.847. The summed E-state index contributed by atoms with van der Waals surface area (Å²) in [5, 5.41) is 1.23. The van der Waals surface area contributed by atoms with Crippen LogP contribution >= 0.6 is 11.3 Å². The smallest absolute Gasteiger partial charge is 0.129 e. The minimum Gasteiger partial charge on any atom is -0.231 e. The van der Waals surface area contributed by atoms with E-state index in [0.29, 0.717) is 0 Å². The average Bonchev–Trinajstić information content (AvgIpc) is 2.93. The van der Waals surface area contributed by atoms with Crippen LogP contribution < -0.4 is 0 Å². The molecule has 102 valence electrons. The molecule has 2 nitrogen and oxygen atoms in total. The molecule has 0 bridgehead atoms. The molecule has 21 heavy (non-hydrogen) atoms. The van der Waals surface area contributed by atoms with Gasteiger partial charge in [0.1, 0.15) is 5.82 Å². The van der Waals surface area contributed by atoms with Gasteiger partial charge in [0.25, 0.3) is 0 Å². The van der Waals surface area contributed by atoms with Crippen molar-refractivity contribution >= 4 is 31.6 Å². The predicted octanol–water partition coefficient (Wildman–Crippen LogP) is 5.07. The van der Waals surface area contributed by atoms with Crippen LogP contribution in [-0.4, -0.2) is 9.97 Å². The number of hydrogen-bond donors (Lipinski definition) is 0.